The van der Waals surface area contributed by atoms with E-state index >= 15 is 0 Å². The zero-order chi connectivity index (χ0) is 24.3. The summed E-state index contributed by atoms with van der Waals surface area (Å²) < 4.78 is 10.9. The van der Waals surface area contributed by atoms with E-state index in [1.165, 1.54) is 7.11 Å². The monoisotopic (exact) mass is 465 g/mol. The molecule has 2 aromatic rings. The lowest BCUT2D eigenvalue weighted by atomic mass is 9.96. The molecular weight excluding hydrogens is 434 g/mol. The SMILES string of the molecule is CCCOc1ccc(C(=O)NNC(=O)C2CCN(C(=O)/C=C/c3ccccc3)CC2)cc1OC. The van der Waals surface area contributed by atoms with Gasteiger partial charge < -0.3 is 14.4 Å². The smallest absolute Gasteiger partial charge is 0.269 e. The molecule has 3 rings (SSSR count). The number of hydrazine groups is 1. The van der Waals surface area contributed by atoms with Gasteiger partial charge in [0.05, 0.1) is 13.7 Å². The van der Waals surface area contributed by atoms with Crippen LogP contribution in [0.3, 0.4) is 0 Å². The topological polar surface area (TPSA) is 97.0 Å². The Morgan fingerprint density at radius 1 is 1.03 bits per heavy atom. The fraction of sp³-hybridized carbons (Fsp3) is 0.346. The van der Waals surface area contributed by atoms with Crippen molar-refractivity contribution in [2.24, 2.45) is 5.92 Å². The molecule has 2 N–H and O–H groups in total. The summed E-state index contributed by atoms with van der Waals surface area (Å²) in [6.45, 7) is 3.52. The van der Waals surface area contributed by atoms with Crippen LogP contribution in [-0.2, 0) is 9.59 Å². The van der Waals surface area contributed by atoms with Gasteiger partial charge in [-0.1, -0.05) is 37.3 Å². The fourth-order valence-electron chi connectivity index (χ4n) is 3.63. The lowest BCUT2D eigenvalue weighted by Crippen LogP contribution is -2.48. The predicted octanol–water partition coefficient (Wildman–Crippen LogP) is 3.20. The highest BCUT2D eigenvalue weighted by molar-refractivity contribution is 5.96. The number of ether oxygens (including phenoxy) is 2. The van der Waals surface area contributed by atoms with Crippen LogP contribution in [0.25, 0.3) is 6.08 Å². The molecule has 8 nitrogen and oxygen atoms in total. The molecule has 3 amide bonds. The van der Waals surface area contributed by atoms with Crippen LogP contribution < -0.4 is 20.3 Å². The zero-order valence-corrected chi connectivity index (χ0v) is 19.6. The number of rotatable bonds is 8. The summed E-state index contributed by atoms with van der Waals surface area (Å²) in [4.78, 5) is 39.2. The van der Waals surface area contributed by atoms with Crippen molar-refractivity contribution in [2.45, 2.75) is 26.2 Å². The standard InChI is InChI=1S/C26H31N3O5/c1-3-17-34-22-11-10-21(18-23(22)33-2)26(32)28-27-25(31)20-13-15-29(16-14-20)24(30)12-9-19-7-5-4-6-8-19/h4-12,18,20H,3,13-17H2,1-2H3,(H,27,31)(H,28,32)/b12-9+. The van der Waals surface area contributed by atoms with E-state index in [2.05, 4.69) is 10.9 Å². The third-order valence-corrected chi connectivity index (χ3v) is 5.58. The van der Waals surface area contributed by atoms with Crippen molar-refractivity contribution >= 4 is 23.8 Å². The molecule has 0 saturated carbocycles. The lowest BCUT2D eigenvalue weighted by Gasteiger charge is -2.30. The first-order valence-electron chi connectivity index (χ1n) is 11.4. The van der Waals surface area contributed by atoms with E-state index in [9.17, 15) is 14.4 Å². The number of piperidine rings is 1. The molecule has 0 atom stereocenters. The molecule has 2 aromatic carbocycles. The second-order valence-electron chi connectivity index (χ2n) is 8.00. The van der Waals surface area contributed by atoms with E-state index in [1.54, 1.807) is 35.3 Å². The highest BCUT2D eigenvalue weighted by atomic mass is 16.5. The number of nitrogens with zero attached hydrogens (tertiary/aromatic N) is 1. The minimum absolute atomic E-state index is 0.0728. The van der Waals surface area contributed by atoms with Gasteiger partial charge in [-0.15, -0.1) is 0 Å². The Labute approximate surface area is 199 Å². The Hall–Kier alpha value is -3.81. The van der Waals surface area contributed by atoms with Crippen LogP contribution >= 0.6 is 0 Å². The Morgan fingerprint density at radius 2 is 1.76 bits per heavy atom. The summed E-state index contributed by atoms with van der Waals surface area (Å²) in [5, 5.41) is 0. The summed E-state index contributed by atoms with van der Waals surface area (Å²) in [6, 6.07) is 14.5. The molecule has 0 radical (unpaired) electrons. The van der Waals surface area contributed by atoms with E-state index in [0.717, 1.165) is 12.0 Å². The average Bonchev–Trinajstić information content (AvgIpc) is 2.89. The molecule has 0 aliphatic carbocycles. The van der Waals surface area contributed by atoms with Crippen LogP contribution in [0, 0.1) is 5.92 Å². The first-order chi connectivity index (χ1) is 16.5. The molecule has 34 heavy (non-hydrogen) atoms. The third kappa shape index (κ3) is 6.84. The summed E-state index contributed by atoms with van der Waals surface area (Å²) in [5.74, 6) is -0.0590. The van der Waals surface area contributed by atoms with Crippen molar-refractivity contribution in [2.75, 3.05) is 26.8 Å². The van der Waals surface area contributed by atoms with Crippen molar-refractivity contribution in [3.05, 3.63) is 65.7 Å². The van der Waals surface area contributed by atoms with Crippen LogP contribution in [0.4, 0.5) is 0 Å². The van der Waals surface area contributed by atoms with Crippen LogP contribution in [0.5, 0.6) is 11.5 Å². The quantitative estimate of drug-likeness (QED) is 0.461. The van der Waals surface area contributed by atoms with Gasteiger partial charge in [-0.25, -0.2) is 0 Å². The van der Waals surface area contributed by atoms with Gasteiger partial charge in [0, 0.05) is 30.6 Å². The van der Waals surface area contributed by atoms with Gasteiger partial charge in [0.25, 0.3) is 5.91 Å². The number of nitrogens with one attached hydrogen (secondary N) is 2. The van der Waals surface area contributed by atoms with E-state index < -0.39 is 5.91 Å². The summed E-state index contributed by atoms with van der Waals surface area (Å²) in [6.07, 6.45) is 5.26. The first kappa shape index (κ1) is 24.8. The van der Waals surface area contributed by atoms with Gasteiger partial charge >= 0.3 is 0 Å². The molecule has 0 spiro atoms. The van der Waals surface area contributed by atoms with E-state index in [0.29, 0.717) is 49.6 Å². The Balaban J connectivity index is 1.45. The Kier molecular flexibility index (Phi) is 9.08. The van der Waals surface area contributed by atoms with Gasteiger partial charge in [-0.3, -0.25) is 25.2 Å². The highest BCUT2D eigenvalue weighted by Crippen LogP contribution is 2.28. The summed E-state index contributed by atoms with van der Waals surface area (Å²) in [7, 11) is 1.51. The number of carbonyl (C=O) groups excluding carboxylic acids is 3. The van der Waals surface area contributed by atoms with Crippen LogP contribution in [0.15, 0.2) is 54.6 Å². The first-order valence-corrected chi connectivity index (χ1v) is 11.4. The molecule has 1 fully saturated rings. The molecule has 1 heterocycles. The number of likely N-dealkylation sites (tertiary alicyclic amines) is 1. The molecule has 0 aromatic heterocycles. The second-order valence-corrected chi connectivity index (χ2v) is 8.00. The van der Waals surface area contributed by atoms with Crippen molar-refractivity contribution in [1.82, 2.24) is 15.8 Å². The summed E-state index contributed by atoms with van der Waals surface area (Å²) >= 11 is 0. The normalized spacial score (nSPS) is 14.0. The van der Waals surface area contributed by atoms with Gasteiger partial charge in [-0.2, -0.15) is 0 Å². The Morgan fingerprint density at radius 3 is 2.44 bits per heavy atom. The highest BCUT2D eigenvalue weighted by Gasteiger charge is 2.27. The molecule has 0 bridgehead atoms. The van der Waals surface area contributed by atoms with E-state index in [4.69, 9.17) is 9.47 Å². The van der Waals surface area contributed by atoms with Crippen molar-refractivity contribution in [3.63, 3.8) is 0 Å². The van der Waals surface area contributed by atoms with Gasteiger partial charge in [0.2, 0.25) is 11.8 Å². The Bertz CT molecular complexity index is 1010. The molecule has 1 saturated heterocycles. The zero-order valence-electron chi connectivity index (χ0n) is 19.6. The van der Waals surface area contributed by atoms with Crippen LogP contribution in [0.2, 0.25) is 0 Å². The number of hydrogen-bond acceptors (Lipinski definition) is 5. The molecule has 1 aliphatic rings. The number of amides is 3. The van der Waals surface area contributed by atoms with Gasteiger partial charge in [0.15, 0.2) is 11.5 Å². The van der Waals surface area contributed by atoms with Crippen molar-refractivity contribution < 1.29 is 23.9 Å². The lowest BCUT2D eigenvalue weighted by molar-refractivity contribution is -0.132. The molecule has 8 heteroatoms. The molecule has 1 aliphatic heterocycles. The maximum absolute atomic E-state index is 12.5. The fourth-order valence-corrected chi connectivity index (χ4v) is 3.63. The van der Waals surface area contributed by atoms with Crippen LogP contribution in [-0.4, -0.2) is 49.4 Å². The molecular formula is C26H31N3O5. The van der Waals surface area contributed by atoms with Crippen LogP contribution in [0.1, 0.15) is 42.1 Å². The average molecular weight is 466 g/mol. The summed E-state index contributed by atoms with van der Waals surface area (Å²) in [5.41, 5.74) is 6.25. The molecule has 0 unspecified atom stereocenters. The third-order valence-electron chi connectivity index (χ3n) is 5.58. The number of methoxy groups -OCH3 is 1. The van der Waals surface area contributed by atoms with Gasteiger partial charge in [-0.05, 0) is 49.1 Å². The van der Waals surface area contributed by atoms with Crippen molar-refractivity contribution in [3.8, 4) is 11.5 Å². The molecule has 180 valence electrons. The van der Waals surface area contributed by atoms with E-state index in [-0.39, 0.29) is 17.7 Å². The number of carbonyl (C=O) groups is 3. The van der Waals surface area contributed by atoms with E-state index in [1.807, 2.05) is 37.3 Å². The van der Waals surface area contributed by atoms with Gasteiger partial charge in [0.1, 0.15) is 0 Å². The maximum atomic E-state index is 12.5. The maximum Gasteiger partial charge on any atom is 0.269 e. The minimum Gasteiger partial charge on any atom is -0.493 e. The minimum atomic E-state index is -0.452. The number of benzene rings is 2. The van der Waals surface area contributed by atoms with Crippen molar-refractivity contribution in [1.29, 1.82) is 0 Å². The second kappa shape index (κ2) is 12.4. The largest absolute Gasteiger partial charge is 0.493 e. The number of hydrogen-bond donors (Lipinski definition) is 2. The predicted molar refractivity (Wildman–Crippen MR) is 129 cm³/mol.